The van der Waals surface area contributed by atoms with E-state index in [0.29, 0.717) is 39.0 Å². The second kappa shape index (κ2) is 7.72. The predicted molar refractivity (Wildman–Crippen MR) is 94.6 cm³/mol. The highest BCUT2D eigenvalue weighted by atomic mass is 16.3. The number of aromatic nitrogens is 2. The van der Waals surface area contributed by atoms with E-state index in [1.807, 2.05) is 37.3 Å². The second-order valence-corrected chi connectivity index (χ2v) is 6.63. The van der Waals surface area contributed by atoms with Gasteiger partial charge in [-0.15, -0.1) is 0 Å². The third kappa shape index (κ3) is 4.61. The van der Waals surface area contributed by atoms with Gasteiger partial charge in [0.2, 0.25) is 5.91 Å². The van der Waals surface area contributed by atoms with Crippen molar-refractivity contribution >= 4 is 5.91 Å². The number of carbonyl (C=O) groups excluding carboxylic acids is 1. The number of pyridine rings is 2. The van der Waals surface area contributed by atoms with Crippen molar-refractivity contribution in [1.29, 1.82) is 0 Å². The first kappa shape index (κ1) is 17.5. The van der Waals surface area contributed by atoms with Gasteiger partial charge in [0, 0.05) is 25.5 Å². The van der Waals surface area contributed by atoms with Crippen LogP contribution in [0.3, 0.4) is 0 Å². The molecule has 2 N–H and O–H groups in total. The molecule has 132 valence electrons. The zero-order valence-corrected chi connectivity index (χ0v) is 14.5. The van der Waals surface area contributed by atoms with Gasteiger partial charge in [0.1, 0.15) is 5.60 Å². The first-order valence-corrected chi connectivity index (χ1v) is 8.60. The molecule has 25 heavy (non-hydrogen) atoms. The smallest absolute Gasteiger partial charge is 0.234 e. The van der Waals surface area contributed by atoms with Crippen molar-refractivity contribution in [3.8, 4) is 0 Å². The number of aliphatic hydroxyl groups is 1. The van der Waals surface area contributed by atoms with E-state index in [4.69, 9.17) is 0 Å². The van der Waals surface area contributed by atoms with Gasteiger partial charge in [-0.1, -0.05) is 12.1 Å². The molecule has 3 heterocycles. The Hall–Kier alpha value is -2.31. The van der Waals surface area contributed by atoms with E-state index in [-0.39, 0.29) is 5.91 Å². The highest BCUT2D eigenvalue weighted by molar-refractivity contribution is 5.77. The lowest BCUT2D eigenvalue weighted by Crippen LogP contribution is -2.46. The Bertz CT molecular complexity index is 695. The SMILES string of the molecule is Cc1ccc(C2(O)CCN(CC(=O)NCc3ccccn3)CC2)nc1. The van der Waals surface area contributed by atoms with Crippen molar-refractivity contribution in [3.63, 3.8) is 0 Å². The number of hydrogen-bond donors (Lipinski definition) is 2. The summed E-state index contributed by atoms with van der Waals surface area (Å²) in [5.74, 6) is -0.0236. The molecule has 1 saturated heterocycles. The molecular formula is C19H24N4O2. The Morgan fingerprint density at radius 3 is 2.68 bits per heavy atom. The van der Waals surface area contributed by atoms with E-state index in [2.05, 4.69) is 20.2 Å². The molecule has 6 nitrogen and oxygen atoms in total. The van der Waals surface area contributed by atoms with Gasteiger partial charge in [-0.25, -0.2) is 0 Å². The van der Waals surface area contributed by atoms with Gasteiger partial charge < -0.3 is 10.4 Å². The minimum absolute atomic E-state index is 0.0236. The van der Waals surface area contributed by atoms with Crippen molar-refractivity contribution in [2.24, 2.45) is 0 Å². The molecule has 0 spiro atoms. The molecule has 3 rings (SSSR count). The van der Waals surface area contributed by atoms with Gasteiger partial charge in [-0.3, -0.25) is 19.7 Å². The Morgan fingerprint density at radius 2 is 2.04 bits per heavy atom. The van der Waals surface area contributed by atoms with Gasteiger partial charge in [0.25, 0.3) is 0 Å². The zero-order valence-electron chi connectivity index (χ0n) is 14.5. The summed E-state index contributed by atoms with van der Waals surface area (Å²) < 4.78 is 0. The quantitative estimate of drug-likeness (QED) is 0.860. The number of rotatable bonds is 5. The molecule has 0 unspecified atom stereocenters. The number of aryl methyl sites for hydroxylation is 1. The summed E-state index contributed by atoms with van der Waals surface area (Å²) >= 11 is 0. The molecule has 1 fully saturated rings. The molecule has 2 aromatic heterocycles. The number of amides is 1. The van der Waals surface area contributed by atoms with E-state index in [9.17, 15) is 9.90 Å². The third-order valence-corrected chi connectivity index (χ3v) is 4.63. The molecule has 1 aliphatic rings. The predicted octanol–water partition coefficient (Wildman–Crippen LogP) is 1.38. The number of hydrogen-bond acceptors (Lipinski definition) is 5. The fourth-order valence-corrected chi connectivity index (χ4v) is 3.03. The van der Waals surface area contributed by atoms with Crippen LogP contribution in [0.1, 0.15) is 29.8 Å². The molecule has 1 aliphatic heterocycles. The molecule has 1 amide bonds. The van der Waals surface area contributed by atoms with Crippen LogP contribution in [0.5, 0.6) is 0 Å². The van der Waals surface area contributed by atoms with Crippen molar-refractivity contribution < 1.29 is 9.90 Å². The minimum Gasteiger partial charge on any atom is -0.383 e. The number of likely N-dealkylation sites (tertiary alicyclic amines) is 1. The second-order valence-electron chi connectivity index (χ2n) is 6.63. The van der Waals surface area contributed by atoms with E-state index < -0.39 is 5.60 Å². The minimum atomic E-state index is -0.894. The molecule has 0 aliphatic carbocycles. The van der Waals surface area contributed by atoms with Crippen LogP contribution in [-0.2, 0) is 16.9 Å². The Balaban J connectivity index is 1.47. The maximum atomic E-state index is 12.1. The Morgan fingerprint density at radius 1 is 1.24 bits per heavy atom. The Kier molecular flexibility index (Phi) is 5.40. The van der Waals surface area contributed by atoms with Gasteiger partial charge in [-0.2, -0.15) is 0 Å². The van der Waals surface area contributed by atoms with Crippen LogP contribution in [0.25, 0.3) is 0 Å². The summed E-state index contributed by atoms with van der Waals surface area (Å²) in [6, 6.07) is 9.50. The number of nitrogens with one attached hydrogen (secondary N) is 1. The average molecular weight is 340 g/mol. The largest absolute Gasteiger partial charge is 0.383 e. The molecule has 0 saturated carbocycles. The molecule has 2 aromatic rings. The van der Waals surface area contributed by atoms with Crippen LogP contribution in [-0.4, -0.2) is 45.5 Å². The summed E-state index contributed by atoms with van der Waals surface area (Å²) in [5.41, 5.74) is 1.75. The first-order valence-electron chi connectivity index (χ1n) is 8.60. The van der Waals surface area contributed by atoms with Gasteiger partial charge >= 0.3 is 0 Å². The van der Waals surface area contributed by atoms with E-state index >= 15 is 0 Å². The fourth-order valence-electron chi connectivity index (χ4n) is 3.03. The molecule has 6 heteroatoms. The van der Waals surface area contributed by atoms with E-state index in [1.54, 1.807) is 12.4 Å². The van der Waals surface area contributed by atoms with Crippen LogP contribution in [0.15, 0.2) is 42.7 Å². The number of nitrogens with zero attached hydrogens (tertiary/aromatic N) is 3. The van der Waals surface area contributed by atoms with Crippen molar-refractivity contribution in [3.05, 3.63) is 59.7 Å². The zero-order chi connectivity index (χ0) is 17.7. The number of carbonyl (C=O) groups is 1. The van der Waals surface area contributed by atoms with Gasteiger partial charge in [0.15, 0.2) is 0 Å². The number of piperidine rings is 1. The lowest BCUT2D eigenvalue weighted by Gasteiger charge is -2.37. The molecule has 0 bridgehead atoms. The van der Waals surface area contributed by atoms with Crippen LogP contribution >= 0.6 is 0 Å². The lowest BCUT2D eigenvalue weighted by molar-refractivity contribution is -0.123. The van der Waals surface area contributed by atoms with Crippen LogP contribution in [0.2, 0.25) is 0 Å². The molecule has 0 aromatic carbocycles. The highest BCUT2D eigenvalue weighted by Crippen LogP contribution is 2.31. The summed E-state index contributed by atoms with van der Waals surface area (Å²) in [7, 11) is 0. The normalized spacial score (nSPS) is 17.2. The molecular weight excluding hydrogens is 316 g/mol. The Labute approximate surface area is 147 Å². The fraction of sp³-hybridized carbons (Fsp3) is 0.421. The standard InChI is InChI=1S/C19H24N4O2/c1-15-5-6-17(21-12-15)19(25)7-10-23(11-8-19)14-18(24)22-13-16-4-2-3-9-20-16/h2-6,9,12,25H,7-8,10-11,13-14H2,1H3,(H,22,24). The summed E-state index contributed by atoms with van der Waals surface area (Å²) in [4.78, 5) is 22.7. The van der Waals surface area contributed by atoms with Gasteiger partial charge in [-0.05, 0) is 43.5 Å². The van der Waals surface area contributed by atoms with Crippen molar-refractivity contribution in [2.45, 2.75) is 31.9 Å². The lowest BCUT2D eigenvalue weighted by atomic mass is 9.87. The maximum Gasteiger partial charge on any atom is 0.234 e. The summed E-state index contributed by atoms with van der Waals surface area (Å²) in [6.45, 7) is 4.09. The van der Waals surface area contributed by atoms with Crippen molar-refractivity contribution in [1.82, 2.24) is 20.2 Å². The molecule has 0 radical (unpaired) electrons. The summed E-state index contributed by atoms with van der Waals surface area (Å²) in [5, 5.41) is 13.7. The van der Waals surface area contributed by atoms with Crippen molar-refractivity contribution in [2.75, 3.05) is 19.6 Å². The highest BCUT2D eigenvalue weighted by Gasteiger charge is 2.35. The van der Waals surface area contributed by atoms with Gasteiger partial charge in [0.05, 0.1) is 24.5 Å². The van der Waals surface area contributed by atoms with Crippen LogP contribution in [0.4, 0.5) is 0 Å². The monoisotopic (exact) mass is 340 g/mol. The van der Waals surface area contributed by atoms with E-state index in [1.165, 1.54) is 0 Å². The average Bonchev–Trinajstić information content (AvgIpc) is 2.63. The van der Waals surface area contributed by atoms with Crippen LogP contribution in [0, 0.1) is 6.92 Å². The van der Waals surface area contributed by atoms with Crippen LogP contribution < -0.4 is 5.32 Å². The topological polar surface area (TPSA) is 78.4 Å². The molecule has 0 atom stereocenters. The maximum absolute atomic E-state index is 12.1. The summed E-state index contributed by atoms with van der Waals surface area (Å²) in [6.07, 6.45) is 4.66. The van der Waals surface area contributed by atoms with E-state index in [0.717, 1.165) is 17.0 Å². The third-order valence-electron chi connectivity index (χ3n) is 4.63. The first-order chi connectivity index (χ1) is 12.0.